The molecule has 4 heteroatoms. The highest BCUT2D eigenvalue weighted by Crippen LogP contribution is 2.39. The third-order valence-corrected chi connectivity index (χ3v) is 9.45. The summed E-state index contributed by atoms with van der Waals surface area (Å²) < 4.78 is 6.49. The van der Waals surface area contributed by atoms with Crippen molar-refractivity contribution in [1.29, 1.82) is 0 Å². The maximum Gasteiger partial charge on any atom is 0.164 e. The van der Waals surface area contributed by atoms with Gasteiger partial charge in [0.05, 0.1) is 0 Å². The molecule has 49 heavy (non-hydrogen) atoms. The normalized spacial score (nSPS) is 11.7. The molecule has 0 aliphatic carbocycles. The van der Waals surface area contributed by atoms with Gasteiger partial charge in [0, 0.05) is 27.5 Å². The van der Waals surface area contributed by atoms with Crippen molar-refractivity contribution >= 4 is 54.3 Å². The Hall–Kier alpha value is -6.65. The first-order valence-corrected chi connectivity index (χ1v) is 16.4. The first-order chi connectivity index (χ1) is 24.2. The minimum atomic E-state index is 0.607. The van der Waals surface area contributed by atoms with Crippen molar-refractivity contribution in [2.75, 3.05) is 0 Å². The average molecular weight is 626 g/mol. The van der Waals surface area contributed by atoms with Gasteiger partial charge in [-0.2, -0.15) is 0 Å². The van der Waals surface area contributed by atoms with Gasteiger partial charge in [-0.15, -0.1) is 0 Å². The zero-order valence-electron chi connectivity index (χ0n) is 26.3. The van der Waals surface area contributed by atoms with E-state index >= 15 is 0 Å². The number of benzene rings is 8. The molecule has 0 saturated carbocycles. The highest BCUT2D eigenvalue weighted by atomic mass is 16.3. The molecule has 0 aliphatic rings. The highest BCUT2D eigenvalue weighted by molar-refractivity contribution is 6.15. The maximum atomic E-state index is 6.49. The minimum Gasteiger partial charge on any atom is -0.456 e. The molecule has 0 aliphatic heterocycles. The fourth-order valence-corrected chi connectivity index (χ4v) is 6.97. The van der Waals surface area contributed by atoms with Gasteiger partial charge in [0.2, 0.25) is 0 Å². The molecule has 0 saturated heterocycles. The van der Waals surface area contributed by atoms with Crippen LogP contribution in [0.15, 0.2) is 168 Å². The maximum absolute atomic E-state index is 6.49. The van der Waals surface area contributed by atoms with Crippen LogP contribution >= 0.6 is 0 Å². The van der Waals surface area contributed by atoms with E-state index in [0.717, 1.165) is 54.8 Å². The Morgan fingerprint density at radius 1 is 0.327 bits per heavy atom. The fraction of sp³-hybridized carbons (Fsp3) is 0. The van der Waals surface area contributed by atoms with Gasteiger partial charge in [-0.3, -0.25) is 0 Å². The van der Waals surface area contributed by atoms with Crippen LogP contribution in [0.5, 0.6) is 0 Å². The summed E-state index contributed by atoms with van der Waals surface area (Å²) in [6.45, 7) is 0. The van der Waals surface area contributed by atoms with Crippen LogP contribution in [0.1, 0.15) is 0 Å². The van der Waals surface area contributed by atoms with E-state index in [1.165, 1.54) is 27.3 Å². The quantitative estimate of drug-likeness (QED) is 0.195. The zero-order valence-corrected chi connectivity index (χ0v) is 26.3. The third-order valence-electron chi connectivity index (χ3n) is 9.45. The van der Waals surface area contributed by atoms with Gasteiger partial charge in [-0.25, -0.2) is 15.0 Å². The summed E-state index contributed by atoms with van der Waals surface area (Å²) in [5, 5.41) is 9.08. The summed E-state index contributed by atoms with van der Waals surface area (Å²) in [4.78, 5) is 15.2. The van der Waals surface area contributed by atoms with Gasteiger partial charge in [-0.1, -0.05) is 127 Å². The number of hydrogen-bond donors (Lipinski definition) is 0. The van der Waals surface area contributed by atoms with Gasteiger partial charge < -0.3 is 4.42 Å². The van der Waals surface area contributed by atoms with E-state index in [2.05, 4.69) is 121 Å². The molecule has 0 atom stereocenters. The van der Waals surface area contributed by atoms with Crippen LogP contribution in [0.3, 0.4) is 0 Å². The van der Waals surface area contributed by atoms with E-state index in [1.54, 1.807) is 0 Å². The molecule has 0 fully saturated rings. The smallest absolute Gasteiger partial charge is 0.164 e. The molecule has 0 radical (unpaired) electrons. The van der Waals surface area contributed by atoms with Gasteiger partial charge >= 0.3 is 0 Å². The molecule has 10 aromatic rings. The highest BCUT2D eigenvalue weighted by Gasteiger charge is 2.18. The number of rotatable bonds is 4. The fourth-order valence-electron chi connectivity index (χ4n) is 6.97. The summed E-state index contributed by atoms with van der Waals surface area (Å²) in [5.41, 5.74) is 6.78. The Morgan fingerprint density at radius 3 is 1.61 bits per heavy atom. The van der Waals surface area contributed by atoms with Gasteiger partial charge in [-0.05, 0) is 79.8 Å². The van der Waals surface area contributed by atoms with Crippen molar-refractivity contribution in [2.24, 2.45) is 0 Å². The Bertz CT molecular complexity index is 2890. The Labute approximate surface area is 282 Å². The number of fused-ring (bicyclic) bond motifs is 6. The zero-order chi connectivity index (χ0) is 32.3. The van der Waals surface area contributed by atoms with Crippen LogP contribution in [0.4, 0.5) is 0 Å². The van der Waals surface area contributed by atoms with Crippen molar-refractivity contribution in [2.45, 2.75) is 0 Å². The van der Waals surface area contributed by atoms with E-state index in [9.17, 15) is 0 Å². The molecule has 0 unspecified atom stereocenters. The SMILES string of the molecule is c1ccc(-c2nc(-c3ccc4ccccc4c3)nc(-c3cccc4oc5cc6ccc(-c7ccc8ccccc8c7)cc6cc5c34)n2)cc1. The Balaban J connectivity index is 1.17. The molecule has 0 bridgehead atoms. The molecule has 8 aromatic carbocycles. The summed E-state index contributed by atoms with van der Waals surface area (Å²) in [6.07, 6.45) is 0. The second kappa shape index (κ2) is 11.0. The van der Waals surface area contributed by atoms with Crippen LogP contribution in [-0.4, -0.2) is 15.0 Å². The number of hydrogen-bond acceptors (Lipinski definition) is 4. The second-order valence-electron chi connectivity index (χ2n) is 12.5. The molecule has 228 valence electrons. The largest absolute Gasteiger partial charge is 0.456 e. The number of furan rings is 1. The van der Waals surface area contributed by atoms with Gasteiger partial charge in [0.25, 0.3) is 0 Å². The Kier molecular flexibility index (Phi) is 6.15. The minimum absolute atomic E-state index is 0.607. The van der Waals surface area contributed by atoms with Crippen molar-refractivity contribution in [3.05, 3.63) is 164 Å². The topological polar surface area (TPSA) is 51.8 Å². The van der Waals surface area contributed by atoms with Crippen molar-refractivity contribution in [3.8, 4) is 45.3 Å². The molecule has 2 aromatic heterocycles. The first kappa shape index (κ1) is 27.5. The lowest BCUT2D eigenvalue weighted by Gasteiger charge is -2.10. The lowest BCUT2D eigenvalue weighted by molar-refractivity contribution is 0.669. The predicted molar refractivity (Wildman–Crippen MR) is 201 cm³/mol. The third kappa shape index (κ3) is 4.73. The van der Waals surface area contributed by atoms with E-state index in [-0.39, 0.29) is 0 Å². The Morgan fingerprint density at radius 2 is 0.878 bits per heavy atom. The molecule has 0 N–H and O–H groups in total. The predicted octanol–water partition coefficient (Wildman–Crippen LogP) is 11.9. The van der Waals surface area contributed by atoms with Crippen molar-refractivity contribution < 1.29 is 4.42 Å². The van der Waals surface area contributed by atoms with E-state index in [4.69, 9.17) is 19.4 Å². The molecule has 2 heterocycles. The first-order valence-electron chi connectivity index (χ1n) is 16.4. The molecule has 4 nitrogen and oxygen atoms in total. The molecular formula is C45H27N3O. The lowest BCUT2D eigenvalue weighted by Crippen LogP contribution is -2.00. The summed E-state index contributed by atoms with van der Waals surface area (Å²) in [7, 11) is 0. The second-order valence-corrected chi connectivity index (χ2v) is 12.5. The molecule has 10 rings (SSSR count). The lowest BCUT2D eigenvalue weighted by atomic mass is 9.97. The molecule has 0 spiro atoms. The van der Waals surface area contributed by atoms with E-state index < -0.39 is 0 Å². The summed E-state index contributed by atoms with van der Waals surface area (Å²) in [6, 6.07) is 57.1. The number of aromatic nitrogens is 3. The molecular weight excluding hydrogens is 599 g/mol. The van der Waals surface area contributed by atoms with Crippen LogP contribution in [-0.2, 0) is 0 Å². The summed E-state index contributed by atoms with van der Waals surface area (Å²) in [5.74, 6) is 1.87. The van der Waals surface area contributed by atoms with Crippen LogP contribution in [0.2, 0.25) is 0 Å². The monoisotopic (exact) mass is 625 g/mol. The number of nitrogens with zero attached hydrogens (tertiary/aromatic N) is 3. The van der Waals surface area contributed by atoms with Crippen molar-refractivity contribution in [3.63, 3.8) is 0 Å². The van der Waals surface area contributed by atoms with E-state index in [1.807, 2.05) is 42.5 Å². The standard InChI is InChI=1S/C45H27N3O/c1-2-11-30(12-3-1)43-46-44(36-22-18-29-10-5-7-14-32(29)24-36)48-45(47-43)38-15-8-16-40-42(38)39-26-37-25-34(20-21-35(37)27-41(39)49-40)33-19-17-28-9-4-6-13-31(28)23-33/h1-27H. The van der Waals surface area contributed by atoms with Crippen molar-refractivity contribution in [1.82, 2.24) is 15.0 Å². The van der Waals surface area contributed by atoms with Crippen LogP contribution in [0, 0.1) is 0 Å². The van der Waals surface area contributed by atoms with Gasteiger partial charge in [0.1, 0.15) is 11.2 Å². The van der Waals surface area contributed by atoms with Gasteiger partial charge in [0.15, 0.2) is 17.5 Å². The van der Waals surface area contributed by atoms with Crippen LogP contribution < -0.4 is 0 Å². The van der Waals surface area contributed by atoms with Crippen LogP contribution in [0.25, 0.3) is 99.5 Å². The van der Waals surface area contributed by atoms with E-state index in [0.29, 0.717) is 17.5 Å². The molecule has 0 amide bonds. The average Bonchev–Trinajstić information content (AvgIpc) is 3.54. The summed E-state index contributed by atoms with van der Waals surface area (Å²) >= 11 is 0.